The fourth-order valence-electron chi connectivity index (χ4n) is 7.74. The van der Waals surface area contributed by atoms with Crippen molar-refractivity contribution in [1.82, 2.24) is 0 Å². The lowest BCUT2D eigenvalue weighted by Crippen LogP contribution is -2.40. The summed E-state index contributed by atoms with van der Waals surface area (Å²) in [6.45, 7) is 4.66. The summed E-state index contributed by atoms with van der Waals surface area (Å²) >= 11 is 0. The molecule has 0 saturated heterocycles. The van der Waals surface area contributed by atoms with Crippen molar-refractivity contribution in [3.05, 3.63) is 158 Å². The van der Waals surface area contributed by atoms with Crippen molar-refractivity contribution in [3.63, 3.8) is 0 Å². The fraction of sp³-hybridized carbons (Fsp3) is 0.592. The van der Waals surface area contributed by atoms with Gasteiger partial charge in [-0.1, -0.05) is 236 Å². The van der Waals surface area contributed by atoms with Crippen molar-refractivity contribution in [3.8, 4) is 0 Å². The van der Waals surface area contributed by atoms with Gasteiger partial charge in [-0.2, -0.15) is 0 Å². The third-order valence-electron chi connectivity index (χ3n) is 12.5. The van der Waals surface area contributed by atoms with Crippen molar-refractivity contribution >= 4 is 17.9 Å². The maximum Gasteiger partial charge on any atom is 0.361 e. The first-order valence-electron chi connectivity index (χ1n) is 31.1. The number of carbonyl (C=O) groups is 3. The molecule has 9 heteroatoms. The second-order valence-electron chi connectivity index (χ2n) is 21.3. The third-order valence-corrected chi connectivity index (χ3v) is 12.5. The monoisotopic (exact) mass is 1110 g/mol. The Hall–Kier alpha value is -5.09. The number of allylic oxidation sites excluding steroid dienone is 26. The van der Waals surface area contributed by atoms with Crippen LogP contribution in [0.25, 0.3) is 0 Å². The number of hydrogen-bond donors (Lipinski definition) is 1. The minimum Gasteiger partial charge on any atom is -0.477 e. The number of quaternary nitrogens is 1. The summed E-state index contributed by atoms with van der Waals surface area (Å²) in [5, 5.41) is 9.70. The molecule has 0 heterocycles. The molecule has 0 saturated carbocycles. The molecule has 0 spiro atoms. The Morgan fingerprint density at radius 1 is 0.388 bits per heavy atom. The van der Waals surface area contributed by atoms with E-state index in [1.54, 1.807) is 0 Å². The van der Waals surface area contributed by atoms with Crippen molar-refractivity contribution in [2.75, 3.05) is 47.5 Å². The molecule has 1 N–H and O–H groups in total. The first-order valence-corrected chi connectivity index (χ1v) is 31.1. The van der Waals surface area contributed by atoms with Crippen LogP contribution in [-0.4, -0.2) is 87.4 Å². The highest BCUT2D eigenvalue weighted by atomic mass is 16.7. The van der Waals surface area contributed by atoms with E-state index in [0.29, 0.717) is 17.4 Å². The Labute approximate surface area is 489 Å². The van der Waals surface area contributed by atoms with E-state index in [4.69, 9.17) is 18.9 Å². The predicted molar refractivity (Wildman–Crippen MR) is 340 cm³/mol. The van der Waals surface area contributed by atoms with E-state index in [2.05, 4.69) is 172 Å². The third kappa shape index (κ3) is 60.5. The number of carboxylic acid groups (broad SMARTS) is 1. The Kier molecular flexibility index (Phi) is 56.2. The van der Waals surface area contributed by atoms with E-state index in [1.165, 1.54) is 32.1 Å². The van der Waals surface area contributed by atoms with E-state index in [0.717, 1.165) is 148 Å². The first kappa shape index (κ1) is 74.9. The molecule has 0 aliphatic heterocycles. The molecule has 0 radical (unpaired) electrons. The zero-order chi connectivity index (χ0) is 58.3. The lowest BCUT2D eigenvalue weighted by atomic mass is 10.1. The molecule has 0 rings (SSSR count). The Morgan fingerprint density at radius 3 is 1.06 bits per heavy atom. The average molecular weight is 1110 g/mol. The molecule has 2 unspecified atom stereocenters. The molecule has 80 heavy (non-hydrogen) atoms. The average Bonchev–Trinajstić information content (AvgIpc) is 3.43. The van der Waals surface area contributed by atoms with Crippen molar-refractivity contribution < 1.29 is 42.9 Å². The van der Waals surface area contributed by atoms with E-state index < -0.39 is 24.3 Å². The molecule has 0 amide bonds. The number of aliphatic carboxylic acids is 1. The molecular formula is C71H114NO8+. The predicted octanol–water partition coefficient (Wildman–Crippen LogP) is 19.0. The number of carbonyl (C=O) groups excluding carboxylic acids is 2. The molecule has 0 aromatic heterocycles. The Morgan fingerprint density at radius 2 is 0.713 bits per heavy atom. The quantitative estimate of drug-likeness (QED) is 0.0211. The highest BCUT2D eigenvalue weighted by molar-refractivity contribution is 5.71. The molecule has 0 aromatic carbocycles. The number of rotatable bonds is 55. The van der Waals surface area contributed by atoms with Gasteiger partial charge in [-0.3, -0.25) is 9.59 Å². The standard InChI is InChI=1S/C71H113NO8/c1-6-8-10-12-14-16-18-20-22-23-24-25-26-27-28-29-30-31-32-33-34-35-36-37-38-39-40-41-42-43-44-45-46-47-48-50-52-54-56-58-60-62-69(74)80-67(66-79-71(70(75)76)77-64-63-72(3,4)5)65-78-68(73)61-59-57-55-53-51-49-21-19-17-15-13-11-9-7-2/h8,10,13-16,19-22,24-25,27-28,30-31,33-34,36-37,39-40,42-43,45-46,67,71H,6-7,9,11-12,17-18,23,26,29,32,35,38,41,44,47-66H2,1-5H3/p+1/b10-8-,15-13-,16-14-,21-19-,22-20-,25-24-,28-27-,31-30-,34-33-,37-36-,40-39-,43-42-,46-45-. The summed E-state index contributed by atoms with van der Waals surface area (Å²) < 4.78 is 22.8. The lowest BCUT2D eigenvalue weighted by molar-refractivity contribution is -0.870. The van der Waals surface area contributed by atoms with Gasteiger partial charge in [0.15, 0.2) is 6.10 Å². The fourth-order valence-corrected chi connectivity index (χ4v) is 7.74. The van der Waals surface area contributed by atoms with Gasteiger partial charge in [0.25, 0.3) is 6.29 Å². The summed E-state index contributed by atoms with van der Waals surface area (Å²) in [6.07, 6.45) is 86.2. The normalized spacial score (nSPS) is 13.9. The summed E-state index contributed by atoms with van der Waals surface area (Å²) in [6, 6.07) is 0. The molecule has 0 fully saturated rings. The van der Waals surface area contributed by atoms with Gasteiger partial charge in [0, 0.05) is 12.8 Å². The first-order chi connectivity index (χ1) is 39.1. The van der Waals surface area contributed by atoms with Crippen molar-refractivity contribution in [1.29, 1.82) is 0 Å². The van der Waals surface area contributed by atoms with Gasteiger partial charge < -0.3 is 28.5 Å². The van der Waals surface area contributed by atoms with Crippen LogP contribution in [0.3, 0.4) is 0 Å². The zero-order valence-electron chi connectivity index (χ0n) is 51.2. The molecule has 0 bridgehead atoms. The number of hydrogen-bond acceptors (Lipinski definition) is 7. The minimum absolute atomic E-state index is 0.175. The van der Waals surface area contributed by atoms with Crippen LogP contribution in [0.4, 0.5) is 0 Å². The largest absolute Gasteiger partial charge is 0.477 e. The lowest BCUT2D eigenvalue weighted by Gasteiger charge is -2.25. The van der Waals surface area contributed by atoms with Gasteiger partial charge >= 0.3 is 17.9 Å². The molecule has 9 nitrogen and oxygen atoms in total. The molecule has 2 atom stereocenters. The highest BCUT2D eigenvalue weighted by Gasteiger charge is 2.25. The van der Waals surface area contributed by atoms with Crippen LogP contribution in [0.2, 0.25) is 0 Å². The summed E-state index contributed by atoms with van der Waals surface area (Å²) in [5.41, 5.74) is 0. The summed E-state index contributed by atoms with van der Waals surface area (Å²) in [4.78, 5) is 37.4. The Bertz CT molecular complexity index is 1870. The van der Waals surface area contributed by atoms with Gasteiger partial charge in [0.1, 0.15) is 13.2 Å². The van der Waals surface area contributed by atoms with Crippen LogP contribution in [0.1, 0.15) is 213 Å². The van der Waals surface area contributed by atoms with E-state index >= 15 is 0 Å². The maximum absolute atomic E-state index is 12.9. The topological polar surface area (TPSA) is 108 Å². The number of likely N-dealkylation sites (N-methyl/N-ethyl adjacent to an activating group) is 1. The van der Waals surface area contributed by atoms with Crippen molar-refractivity contribution in [2.24, 2.45) is 0 Å². The summed E-state index contributed by atoms with van der Waals surface area (Å²) in [5.74, 6) is -2.06. The van der Waals surface area contributed by atoms with E-state index in [-0.39, 0.29) is 38.6 Å². The number of nitrogens with zero attached hydrogens (tertiary/aromatic N) is 1. The van der Waals surface area contributed by atoms with Crippen LogP contribution in [0.15, 0.2) is 158 Å². The second kappa shape index (κ2) is 60.0. The van der Waals surface area contributed by atoms with Crippen molar-refractivity contribution in [2.45, 2.75) is 225 Å². The number of ether oxygens (including phenoxy) is 4. The smallest absolute Gasteiger partial charge is 0.361 e. The minimum atomic E-state index is -1.53. The molecule has 450 valence electrons. The van der Waals surface area contributed by atoms with Crippen LogP contribution in [-0.2, 0) is 33.3 Å². The highest BCUT2D eigenvalue weighted by Crippen LogP contribution is 2.14. The van der Waals surface area contributed by atoms with Gasteiger partial charge in [-0.25, -0.2) is 4.79 Å². The van der Waals surface area contributed by atoms with Crippen LogP contribution in [0, 0.1) is 0 Å². The van der Waals surface area contributed by atoms with Gasteiger partial charge in [0.2, 0.25) is 0 Å². The van der Waals surface area contributed by atoms with Crippen LogP contribution < -0.4 is 0 Å². The number of carboxylic acids is 1. The van der Waals surface area contributed by atoms with Crippen LogP contribution >= 0.6 is 0 Å². The summed E-state index contributed by atoms with van der Waals surface area (Å²) in [7, 11) is 5.94. The van der Waals surface area contributed by atoms with E-state index in [9.17, 15) is 19.5 Å². The van der Waals surface area contributed by atoms with E-state index in [1.807, 2.05) is 21.1 Å². The van der Waals surface area contributed by atoms with Crippen LogP contribution in [0.5, 0.6) is 0 Å². The molecule has 0 aliphatic rings. The Balaban J connectivity index is 4.20. The second-order valence-corrected chi connectivity index (χ2v) is 21.3. The van der Waals surface area contributed by atoms with Gasteiger partial charge in [0.05, 0.1) is 34.4 Å². The molecule has 0 aromatic rings. The maximum atomic E-state index is 12.9. The van der Waals surface area contributed by atoms with Gasteiger partial charge in [-0.05, 0) is 122 Å². The van der Waals surface area contributed by atoms with Gasteiger partial charge in [-0.15, -0.1) is 0 Å². The zero-order valence-corrected chi connectivity index (χ0v) is 51.2. The molecule has 0 aliphatic carbocycles. The molecular weight excluding hydrogens is 995 g/mol. The SMILES string of the molecule is CC/C=C\C/C=C\C/C=C\C/C=C\C/C=C\C/C=C\C/C=C\C/C=C\C/C=C\C/C=C\C/C=C\CCCCCCCCCC(=O)OC(COC(=O)CCCCCCC/C=C\C/C=C\CCCC)COC(OCC[N+](C)(C)C)C(=O)O. The number of unbranched alkanes of at least 4 members (excludes halogenated alkanes) is 14. The number of esters is 2.